The summed E-state index contributed by atoms with van der Waals surface area (Å²) in [5.41, 5.74) is 0. The Bertz CT molecular complexity index is 147. The van der Waals surface area contributed by atoms with Gasteiger partial charge in [-0.15, -0.1) is 0 Å². The van der Waals surface area contributed by atoms with Crippen molar-refractivity contribution in [3.8, 4) is 0 Å². The summed E-state index contributed by atoms with van der Waals surface area (Å²) in [6.45, 7) is 1.76. The van der Waals surface area contributed by atoms with Gasteiger partial charge in [0.25, 0.3) is 0 Å². The standard InChI is InChI=1S/C9H17NO2/c1-11-9-4-2-3-8(9)10-7-5-12-6-7/h7-10H,2-6H2,1H3/t8-,9-/m0/s1. The molecule has 1 aliphatic carbocycles. The predicted molar refractivity (Wildman–Crippen MR) is 46.2 cm³/mol. The molecule has 2 fully saturated rings. The molecule has 2 aliphatic rings. The van der Waals surface area contributed by atoms with Gasteiger partial charge in [-0.25, -0.2) is 0 Å². The molecule has 70 valence electrons. The number of hydrogen-bond donors (Lipinski definition) is 1. The first-order chi connectivity index (χ1) is 5.90. The van der Waals surface area contributed by atoms with E-state index in [-0.39, 0.29) is 0 Å². The Labute approximate surface area is 73.4 Å². The van der Waals surface area contributed by atoms with Crippen LogP contribution < -0.4 is 5.32 Å². The highest BCUT2D eigenvalue weighted by atomic mass is 16.5. The summed E-state index contributed by atoms with van der Waals surface area (Å²) in [6.07, 6.45) is 4.20. The molecule has 2 atom stereocenters. The lowest BCUT2D eigenvalue weighted by Crippen LogP contribution is -2.52. The third-order valence-electron chi connectivity index (χ3n) is 2.84. The molecule has 0 aromatic rings. The Kier molecular flexibility index (Phi) is 2.63. The third-order valence-corrected chi connectivity index (χ3v) is 2.84. The molecule has 0 aromatic carbocycles. The minimum Gasteiger partial charge on any atom is -0.380 e. The fraction of sp³-hybridized carbons (Fsp3) is 1.00. The minimum atomic E-state index is 0.436. The molecule has 1 N–H and O–H groups in total. The maximum absolute atomic E-state index is 5.39. The van der Waals surface area contributed by atoms with Crippen LogP contribution in [0.3, 0.4) is 0 Å². The quantitative estimate of drug-likeness (QED) is 0.672. The Hall–Kier alpha value is -0.120. The van der Waals surface area contributed by atoms with Crippen molar-refractivity contribution >= 4 is 0 Å². The average molecular weight is 171 g/mol. The minimum absolute atomic E-state index is 0.436. The van der Waals surface area contributed by atoms with Crippen LogP contribution in [-0.2, 0) is 9.47 Å². The molecule has 2 rings (SSSR count). The van der Waals surface area contributed by atoms with E-state index in [2.05, 4.69) is 5.32 Å². The second-order valence-corrected chi connectivity index (χ2v) is 3.71. The SMILES string of the molecule is CO[C@H]1CCC[C@@H]1NC1COC1. The molecule has 1 aliphatic heterocycles. The zero-order valence-electron chi connectivity index (χ0n) is 7.58. The van der Waals surface area contributed by atoms with Gasteiger partial charge in [0.05, 0.1) is 25.4 Å². The highest BCUT2D eigenvalue weighted by Crippen LogP contribution is 2.22. The van der Waals surface area contributed by atoms with Gasteiger partial charge in [0.2, 0.25) is 0 Å². The van der Waals surface area contributed by atoms with E-state index in [0.717, 1.165) is 13.2 Å². The fourth-order valence-corrected chi connectivity index (χ4v) is 2.03. The van der Waals surface area contributed by atoms with E-state index in [1.165, 1.54) is 19.3 Å². The van der Waals surface area contributed by atoms with E-state index >= 15 is 0 Å². The number of nitrogens with one attached hydrogen (secondary N) is 1. The summed E-state index contributed by atoms with van der Waals surface area (Å²) in [6, 6.07) is 1.16. The van der Waals surface area contributed by atoms with Crippen molar-refractivity contribution in [1.82, 2.24) is 5.32 Å². The molecule has 1 saturated carbocycles. The number of ether oxygens (including phenoxy) is 2. The molecule has 3 nitrogen and oxygen atoms in total. The fourth-order valence-electron chi connectivity index (χ4n) is 2.03. The molecular weight excluding hydrogens is 154 g/mol. The monoisotopic (exact) mass is 171 g/mol. The smallest absolute Gasteiger partial charge is 0.0724 e. The molecule has 0 bridgehead atoms. The van der Waals surface area contributed by atoms with Crippen LogP contribution in [-0.4, -0.2) is 38.5 Å². The van der Waals surface area contributed by atoms with Gasteiger partial charge in [-0.2, -0.15) is 0 Å². The van der Waals surface area contributed by atoms with E-state index in [4.69, 9.17) is 9.47 Å². The van der Waals surface area contributed by atoms with Crippen molar-refractivity contribution in [1.29, 1.82) is 0 Å². The summed E-state index contributed by atoms with van der Waals surface area (Å²) in [5.74, 6) is 0. The van der Waals surface area contributed by atoms with E-state index in [0.29, 0.717) is 18.2 Å². The van der Waals surface area contributed by atoms with Gasteiger partial charge < -0.3 is 14.8 Å². The lowest BCUT2D eigenvalue weighted by molar-refractivity contribution is -0.0203. The van der Waals surface area contributed by atoms with Crippen molar-refractivity contribution in [2.45, 2.75) is 37.5 Å². The van der Waals surface area contributed by atoms with Crippen molar-refractivity contribution < 1.29 is 9.47 Å². The molecular formula is C9H17NO2. The predicted octanol–water partition coefficient (Wildman–Crippen LogP) is 0.542. The summed E-state index contributed by atoms with van der Waals surface area (Å²) >= 11 is 0. The summed E-state index contributed by atoms with van der Waals surface area (Å²) < 4.78 is 10.5. The largest absolute Gasteiger partial charge is 0.380 e. The molecule has 1 saturated heterocycles. The summed E-state index contributed by atoms with van der Waals surface area (Å²) in [7, 11) is 1.81. The molecule has 0 aromatic heterocycles. The molecule has 1 heterocycles. The lowest BCUT2D eigenvalue weighted by atomic mass is 10.1. The van der Waals surface area contributed by atoms with Crippen LogP contribution in [0.5, 0.6) is 0 Å². The topological polar surface area (TPSA) is 30.5 Å². The highest BCUT2D eigenvalue weighted by Gasteiger charge is 2.30. The van der Waals surface area contributed by atoms with Gasteiger partial charge in [-0.1, -0.05) is 0 Å². The van der Waals surface area contributed by atoms with Gasteiger partial charge >= 0.3 is 0 Å². The summed E-state index contributed by atoms with van der Waals surface area (Å²) in [5, 5.41) is 3.57. The van der Waals surface area contributed by atoms with Crippen molar-refractivity contribution in [2.75, 3.05) is 20.3 Å². The zero-order valence-corrected chi connectivity index (χ0v) is 7.58. The van der Waals surface area contributed by atoms with Crippen LogP contribution in [0, 0.1) is 0 Å². The second-order valence-electron chi connectivity index (χ2n) is 3.71. The van der Waals surface area contributed by atoms with E-state index in [1.807, 2.05) is 7.11 Å². The number of rotatable bonds is 3. The van der Waals surface area contributed by atoms with Crippen LogP contribution in [0.1, 0.15) is 19.3 Å². The van der Waals surface area contributed by atoms with Crippen molar-refractivity contribution in [3.63, 3.8) is 0 Å². The molecule has 0 radical (unpaired) electrons. The average Bonchev–Trinajstić information content (AvgIpc) is 2.43. The number of hydrogen-bond acceptors (Lipinski definition) is 3. The Morgan fingerprint density at radius 2 is 2.17 bits per heavy atom. The molecule has 3 heteroatoms. The van der Waals surface area contributed by atoms with Crippen LogP contribution >= 0.6 is 0 Å². The van der Waals surface area contributed by atoms with Gasteiger partial charge in [-0.3, -0.25) is 0 Å². The highest BCUT2D eigenvalue weighted by molar-refractivity contribution is 4.88. The van der Waals surface area contributed by atoms with Crippen LogP contribution in [0.4, 0.5) is 0 Å². The maximum atomic E-state index is 5.39. The lowest BCUT2D eigenvalue weighted by Gasteiger charge is -2.32. The van der Waals surface area contributed by atoms with Gasteiger partial charge in [0, 0.05) is 13.2 Å². The Balaban J connectivity index is 1.77. The van der Waals surface area contributed by atoms with Gasteiger partial charge in [-0.05, 0) is 19.3 Å². The van der Waals surface area contributed by atoms with Crippen LogP contribution in [0.15, 0.2) is 0 Å². The van der Waals surface area contributed by atoms with Crippen molar-refractivity contribution in [3.05, 3.63) is 0 Å². The zero-order chi connectivity index (χ0) is 8.39. The van der Waals surface area contributed by atoms with Crippen LogP contribution in [0.2, 0.25) is 0 Å². The molecule has 0 spiro atoms. The first-order valence-corrected chi connectivity index (χ1v) is 4.76. The van der Waals surface area contributed by atoms with Crippen LogP contribution in [0.25, 0.3) is 0 Å². The van der Waals surface area contributed by atoms with Gasteiger partial charge in [0.15, 0.2) is 0 Å². The first-order valence-electron chi connectivity index (χ1n) is 4.76. The number of methoxy groups -OCH3 is 1. The van der Waals surface area contributed by atoms with Crippen molar-refractivity contribution in [2.24, 2.45) is 0 Å². The van der Waals surface area contributed by atoms with E-state index in [9.17, 15) is 0 Å². The first kappa shape index (κ1) is 8.48. The Morgan fingerprint density at radius 1 is 1.33 bits per heavy atom. The molecule has 0 amide bonds. The molecule has 0 unspecified atom stereocenters. The molecule has 12 heavy (non-hydrogen) atoms. The van der Waals surface area contributed by atoms with E-state index < -0.39 is 0 Å². The summed E-state index contributed by atoms with van der Waals surface area (Å²) in [4.78, 5) is 0. The normalized spacial score (nSPS) is 36.8. The van der Waals surface area contributed by atoms with E-state index in [1.54, 1.807) is 0 Å². The van der Waals surface area contributed by atoms with Gasteiger partial charge in [0.1, 0.15) is 0 Å². The Morgan fingerprint density at radius 3 is 2.75 bits per heavy atom. The second kappa shape index (κ2) is 3.73. The third kappa shape index (κ3) is 1.63. The maximum Gasteiger partial charge on any atom is 0.0724 e.